The number of hydrogen-bond acceptors (Lipinski definition) is 6. The van der Waals surface area contributed by atoms with Crippen molar-refractivity contribution in [2.24, 2.45) is 0 Å². The summed E-state index contributed by atoms with van der Waals surface area (Å²) in [6, 6.07) is 0.642. The molecule has 2 aromatic heterocycles. The molecule has 0 unspecified atom stereocenters. The Hall–Kier alpha value is -1.44. The van der Waals surface area contributed by atoms with Crippen molar-refractivity contribution < 1.29 is 4.74 Å². The number of aryl methyl sites for hydroxylation is 2. The minimum Gasteiger partial charge on any atom is -0.378 e. The average Bonchev–Trinajstić information content (AvgIpc) is 3.19. The van der Waals surface area contributed by atoms with Gasteiger partial charge in [-0.1, -0.05) is 0 Å². The van der Waals surface area contributed by atoms with Crippen molar-refractivity contribution in [1.82, 2.24) is 20.1 Å². The number of morpholine rings is 1. The zero-order valence-corrected chi connectivity index (χ0v) is 15.8. The third-order valence-corrected chi connectivity index (χ3v) is 5.84. The molecule has 0 amide bonds. The van der Waals surface area contributed by atoms with Crippen LogP contribution in [-0.2, 0) is 11.3 Å². The number of hydrogen-bond donors (Lipinski definition) is 1. The van der Waals surface area contributed by atoms with E-state index in [4.69, 9.17) is 9.72 Å². The summed E-state index contributed by atoms with van der Waals surface area (Å²) in [6.45, 7) is 12.9. The molecule has 0 saturated carbocycles. The van der Waals surface area contributed by atoms with Gasteiger partial charge in [-0.05, 0) is 33.3 Å². The fourth-order valence-electron chi connectivity index (χ4n) is 2.78. The molecule has 2 aromatic rings. The van der Waals surface area contributed by atoms with Gasteiger partial charge < -0.3 is 15.0 Å². The van der Waals surface area contributed by atoms with Gasteiger partial charge in [0, 0.05) is 36.8 Å². The molecule has 3 rings (SSSR count). The molecular weight excluding hydrogens is 322 g/mol. The molecule has 0 bridgehead atoms. The fraction of sp³-hybridized carbons (Fsp3) is 0.647. The van der Waals surface area contributed by atoms with E-state index in [0.29, 0.717) is 12.1 Å². The SMILES string of the molecule is Cc1cnn([C@@H](C)[C@H](C)NCc2sc(N3CCOCC3)nc2C)c1. The number of anilines is 1. The Bertz CT molecular complexity index is 662. The number of thiazole rings is 1. The summed E-state index contributed by atoms with van der Waals surface area (Å²) in [7, 11) is 0. The standard InChI is InChI=1S/C17H27N5OS/c1-12-9-19-22(11-12)15(4)13(2)18-10-16-14(3)20-17(24-16)21-5-7-23-8-6-21/h9,11,13,15,18H,5-8,10H2,1-4H3/t13-,15-/m0/s1. The Kier molecular flexibility index (Phi) is 5.53. The van der Waals surface area contributed by atoms with Crippen LogP contribution < -0.4 is 10.2 Å². The lowest BCUT2D eigenvalue weighted by Gasteiger charge is -2.26. The van der Waals surface area contributed by atoms with Crippen LogP contribution in [0.15, 0.2) is 12.4 Å². The lowest BCUT2D eigenvalue weighted by Crippen LogP contribution is -2.36. The van der Waals surface area contributed by atoms with E-state index in [1.807, 2.05) is 10.9 Å². The Labute approximate surface area is 147 Å². The molecule has 1 saturated heterocycles. The van der Waals surface area contributed by atoms with E-state index in [-0.39, 0.29) is 0 Å². The highest BCUT2D eigenvalue weighted by Gasteiger charge is 2.19. The minimum absolute atomic E-state index is 0.311. The summed E-state index contributed by atoms with van der Waals surface area (Å²) in [5.41, 5.74) is 2.33. The average molecular weight is 350 g/mol. The van der Waals surface area contributed by atoms with Crippen molar-refractivity contribution in [3.8, 4) is 0 Å². The summed E-state index contributed by atoms with van der Waals surface area (Å²) >= 11 is 1.79. The molecule has 0 aromatic carbocycles. The second kappa shape index (κ2) is 7.63. The van der Waals surface area contributed by atoms with E-state index >= 15 is 0 Å². The summed E-state index contributed by atoms with van der Waals surface area (Å²) < 4.78 is 7.46. The Balaban J connectivity index is 1.58. The normalized spacial score (nSPS) is 17.9. The van der Waals surface area contributed by atoms with Crippen LogP contribution in [0.3, 0.4) is 0 Å². The van der Waals surface area contributed by atoms with Crippen molar-refractivity contribution in [3.63, 3.8) is 0 Å². The number of nitrogens with zero attached hydrogens (tertiary/aromatic N) is 4. The number of aromatic nitrogens is 3. The first kappa shape index (κ1) is 17.4. The maximum Gasteiger partial charge on any atom is 0.185 e. The first-order valence-electron chi connectivity index (χ1n) is 8.57. The van der Waals surface area contributed by atoms with E-state index < -0.39 is 0 Å². The van der Waals surface area contributed by atoms with Gasteiger partial charge in [0.15, 0.2) is 5.13 Å². The van der Waals surface area contributed by atoms with Gasteiger partial charge >= 0.3 is 0 Å². The van der Waals surface area contributed by atoms with E-state index in [1.165, 1.54) is 10.4 Å². The smallest absolute Gasteiger partial charge is 0.185 e. The zero-order chi connectivity index (χ0) is 17.1. The van der Waals surface area contributed by atoms with Crippen molar-refractivity contribution in [1.29, 1.82) is 0 Å². The van der Waals surface area contributed by atoms with Crippen LogP contribution in [0.4, 0.5) is 5.13 Å². The summed E-state index contributed by atoms with van der Waals surface area (Å²) in [5.74, 6) is 0. The quantitative estimate of drug-likeness (QED) is 0.868. The van der Waals surface area contributed by atoms with Crippen LogP contribution in [0.2, 0.25) is 0 Å². The molecule has 7 heteroatoms. The molecule has 2 atom stereocenters. The van der Waals surface area contributed by atoms with Gasteiger partial charge in [0.1, 0.15) is 0 Å². The lowest BCUT2D eigenvalue weighted by atomic mass is 10.1. The van der Waals surface area contributed by atoms with Crippen molar-refractivity contribution >= 4 is 16.5 Å². The second-order valence-electron chi connectivity index (χ2n) is 6.51. The van der Waals surface area contributed by atoms with Crippen molar-refractivity contribution in [2.75, 3.05) is 31.2 Å². The highest BCUT2D eigenvalue weighted by atomic mass is 32.1. The molecule has 3 heterocycles. The number of rotatable bonds is 6. The number of ether oxygens (including phenoxy) is 1. The van der Waals surface area contributed by atoms with Crippen molar-refractivity contribution in [3.05, 3.63) is 28.5 Å². The van der Waals surface area contributed by atoms with Crippen LogP contribution >= 0.6 is 11.3 Å². The van der Waals surface area contributed by atoms with Crippen LogP contribution in [0.1, 0.15) is 36.0 Å². The molecule has 1 aliphatic rings. The fourth-order valence-corrected chi connectivity index (χ4v) is 3.84. The van der Waals surface area contributed by atoms with E-state index in [2.05, 4.69) is 49.2 Å². The zero-order valence-electron chi connectivity index (χ0n) is 15.0. The highest BCUT2D eigenvalue weighted by molar-refractivity contribution is 7.15. The molecule has 6 nitrogen and oxygen atoms in total. The van der Waals surface area contributed by atoms with Crippen molar-refractivity contribution in [2.45, 2.75) is 46.3 Å². The van der Waals surface area contributed by atoms with Gasteiger partial charge in [0.25, 0.3) is 0 Å². The third-order valence-electron chi connectivity index (χ3n) is 4.62. The number of nitrogens with one attached hydrogen (secondary N) is 1. The molecule has 0 radical (unpaired) electrons. The predicted molar refractivity (Wildman–Crippen MR) is 97.9 cm³/mol. The lowest BCUT2D eigenvalue weighted by molar-refractivity contribution is 0.122. The van der Waals surface area contributed by atoms with E-state index in [9.17, 15) is 0 Å². The Morgan fingerprint density at radius 1 is 1.29 bits per heavy atom. The van der Waals surface area contributed by atoms with Gasteiger partial charge in [0.2, 0.25) is 0 Å². The summed E-state index contributed by atoms with van der Waals surface area (Å²) in [6.07, 6.45) is 4.00. The Morgan fingerprint density at radius 2 is 2.04 bits per heavy atom. The van der Waals surface area contributed by atoms with Gasteiger partial charge in [-0.2, -0.15) is 5.10 Å². The third kappa shape index (κ3) is 3.96. The highest BCUT2D eigenvalue weighted by Crippen LogP contribution is 2.27. The van der Waals surface area contributed by atoms with E-state index in [1.54, 1.807) is 11.3 Å². The second-order valence-corrected chi connectivity index (χ2v) is 7.57. The summed E-state index contributed by atoms with van der Waals surface area (Å²) in [4.78, 5) is 8.38. The summed E-state index contributed by atoms with van der Waals surface area (Å²) in [5, 5.41) is 9.17. The Morgan fingerprint density at radius 3 is 2.71 bits per heavy atom. The van der Waals surface area contributed by atoms with Gasteiger partial charge in [-0.3, -0.25) is 4.68 Å². The van der Waals surface area contributed by atoms with Gasteiger partial charge in [-0.25, -0.2) is 4.98 Å². The first-order valence-corrected chi connectivity index (χ1v) is 9.39. The first-order chi connectivity index (χ1) is 11.5. The van der Waals surface area contributed by atoms with Gasteiger partial charge in [0.05, 0.1) is 31.1 Å². The van der Waals surface area contributed by atoms with Crippen LogP contribution in [0.25, 0.3) is 0 Å². The molecular formula is C17H27N5OS. The molecule has 1 fully saturated rings. The largest absolute Gasteiger partial charge is 0.378 e. The topological polar surface area (TPSA) is 55.2 Å². The molecule has 1 aliphatic heterocycles. The predicted octanol–water partition coefficient (Wildman–Crippen LogP) is 2.53. The molecule has 132 valence electrons. The van der Waals surface area contributed by atoms with Crippen LogP contribution in [0.5, 0.6) is 0 Å². The van der Waals surface area contributed by atoms with E-state index in [0.717, 1.165) is 43.7 Å². The van der Waals surface area contributed by atoms with Crippen LogP contribution in [-0.4, -0.2) is 47.1 Å². The molecule has 24 heavy (non-hydrogen) atoms. The molecule has 1 N–H and O–H groups in total. The molecule has 0 spiro atoms. The maximum absolute atomic E-state index is 5.42. The molecule has 0 aliphatic carbocycles. The van der Waals surface area contributed by atoms with Gasteiger partial charge in [-0.15, -0.1) is 11.3 Å². The van der Waals surface area contributed by atoms with Crippen LogP contribution in [0, 0.1) is 13.8 Å². The maximum atomic E-state index is 5.42. The monoisotopic (exact) mass is 349 g/mol. The minimum atomic E-state index is 0.311.